The second-order valence-electron chi connectivity index (χ2n) is 8.99. The Morgan fingerprint density at radius 1 is 1.35 bits per heavy atom. The van der Waals surface area contributed by atoms with Gasteiger partial charge in [-0.2, -0.15) is 0 Å². The number of nitrogens with one attached hydrogen (secondary N) is 2. The summed E-state index contributed by atoms with van der Waals surface area (Å²) in [5.74, 6) is 0.910. The lowest BCUT2D eigenvalue weighted by atomic mass is 10.1. The van der Waals surface area contributed by atoms with Crippen molar-refractivity contribution in [1.29, 1.82) is 0 Å². The Morgan fingerprint density at radius 3 is 2.82 bits per heavy atom. The van der Waals surface area contributed by atoms with Crippen LogP contribution in [0.25, 0.3) is 11.4 Å². The largest absolute Gasteiger partial charge is 0.453 e. The number of aromatic nitrogens is 2. The number of morpholine rings is 1. The van der Waals surface area contributed by atoms with Crippen LogP contribution < -0.4 is 10.6 Å². The molecular formula is C25H35N5O4. The zero-order valence-electron chi connectivity index (χ0n) is 20.3. The molecule has 2 N–H and O–H groups in total. The summed E-state index contributed by atoms with van der Waals surface area (Å²) in [6.45, 7) is 7.18. The average Bonchev–Trinajstić information content (AvgIpc) is 3.60. The predicted molar refractivity (Wildman–Crippen MR) is 128 cm³/mol. The molecule has 0 radical (unpaired) electrons. The van der Waals surface area contributed by atoms with Crippen LogP contribution in [0.4, 0.5) is 4.79 Å². The van der Waals surface area contributed by atoms with Gasteiger partial charge in [0, 0.05) is 44.0 Å². The maximum absolute atomic E-state index is 13.4. The minimum Gasteiger partial charge on any atom is -0.453 e. The van der Waals surface area contributed by atoms with Crippen LogP contribution in [0.2, 0.25) is 0 Å². The van der Waals surface area contributed by atoms with Crippen molar-refractivity contribution in [3.05, 3.63) is 41.7 Å². The van der Waals surface area contributed by atoms with Gasteiger partial charge in [0.15, 0.2) is 0 Å². The smallest absolute Gasteiger partial charge is 0.406 e. The van der Waals surface area contributed by atoms with Gasteiger partial charge in [-0.1, -0.05) is 24.3 Å². The molecule has 9 nitrogen and oxygen atoms in total. The summed E-state index contributed by atoms with van der Waals surface area (Å²) in [5, 5.41) is 5.99. The number of ether oxygens (including phenoxy) is 2. The second kappa shape index (κ2) is 11.0. The van der Waals surface area contributed by atoms with Crippen LogP contribution in [0, 0.1) is 6.92 Å². The molecule has 1 aliphatic carbocycles. The van der Waals surface area contributed by atoms with E-state index < -0.39 is 12.2 Å². The first kappa shape index (κ1) is 24.2. The van der Waals surface area contributed by atoms with E-state index >= 15 is 0 Å². The van der Waals surface area contributed by atoms with Crippen LogP contribution in [-0.2, 0) is 20.8 Å². The number of nitrogens with zero attached hydrogens (tertiary/aromatic N) is 3. The van der Waals surface area contributed by atoms with Crippen LogP contribution >= 0.6 is 0 Å². The van der Waals surface area contributed by atoms with Crippen molar-refractivity contribution in [1.82, 2.24) is 25.1 Å². The average molecular weight is 470 g/mol. The summed E-state index contributed by atoms with van der Waals surface area (Å²) in [4.78, 5) is 31.8. The Balaban J connectivity index is 1.58. The highest BCUT2D eigenvalue weighted by Gasteiger charge is 2.40. The van der Waals surface area contributed by atoms with Crippen molar-refractivity contribution in [2.75, 3.05) is 33.4 Å². The Bertz CT molecular complexity index is 997. The molecule has 0 bridgehead atoms. The number of rotatable bonds is 9. The summed E-state index contributed by atoms with van der Waals surface area (Å²) >= 11 is 0. The van der Waals surface area contributed by atoms with Crippen molar-refractivity contribution < 1.29 is 19.1 Å². The predicted octanol–water partition coefficient (Wildman–Crippen LogP) is 2.65. The highest BCUT2D eigenvalue weighted by molar-refractivity contribution is 5.82. The quantitative estimate of drug-likeness (QED) is 0.548. The van der Waals surface area contributed by atoms with Gasteiger partial charge in [-0.15, -0.1) is 0 Å². The summed E-state index contributed by atoms with van der Waals surface area (Å²) in [6, 6.07) is 8.25. The van der Waals surface area contributed by atoms with Gasteiger partial charge in [-0.3, -0.25) is 4.79 Å². The third kappa shape index (κ3) is 5.59. The van der Waals surface area contributed by atoms with Gasteiger partial charge in [-0.25, -0.2) is 9.78 Å². The fourth-order valence-corrected chi connectivity index (χ4v) is 4.43. The standard InChI is InChI=1S/C25H35N5O4/c1-17-7-4-5-8-20(17)23-28-21(16-29(23)13-6-11-27-25(32)33-3)18(2)30(19-9-10-19)24(31)22-15-26-12-14-34-22/h4-5,7-8,16,18-19,22,26H,6,9-15H2,1-3H3,(H,27,32)/t18-,22-/m1/s1. The molecule has 1 aromatic carbocycles. The molecule has 1 aliphatic heterocycles. The van der Waals surface area contributed by atoms with Gasteiger partial charge in [0.1, 0.15) is 11.9 Å². The Kier molecular flexibility index (Phi) is 7.84. The van der Waals surface area contributed by atoms with Crippen LogP contribution in [-0.4, -0.2) is 71.9 Å². The number of imidazole rings is 1. The van der Waals surface area contributed by atoms with Crippen molar-refractivity contribution >= 4 is 12.0 Å². The topological polar surface area (TPSA) is 97.7 Å². The van der Waals surface area contributed by atoms with Gasteiger partial charge in [0.05, 0.1) is 25.5 Å². The van der Waals surface area contributed by atoms with Gasteiger partial charge >= 0.3 is 6.09 Å². The van der Waals surface area contributed by atoms with Crippen molar-refractivity contribution in [2.24, 2.45) is 0 Å². The maximum atomic E-state index is 13.4. The number of benzene rings is 1. The molecule has 2 fully saturated rings. The second-order valence-corrected chi connectivity index (χ2v) is 8.99. The summed E-state index contributed by atoms with van der Waals surface area (Å²) in [5.41, 5.74) is 3.06. The molecule has 0 unspecified atom stereocenters. The van der Waals surface area contributed by atoms with Crippen molar-refractivity contribution in [2.45, 2.75) is 57.8 Å². The summed E-state index contributed by atoms with van der Waals surface area (Å²) < 4.78 is 12.5. The van der Waals surface area contributed by atoms with Gasteiger partial charge < -0.3 is 29.6 Å². The molecular weight excluding hydrogens is 434 g/mol. The van der Waals surface area contributed by atoms with Gasteiger partial charge in [-0.05, 0) is 38.7 Å². The van der Waals surface area contributed by atoms with Crippen molar-refractivity contribution in [3.63, 3.8) is 0 Å². The lowest BCUT2D eigenvalue weighted by molar-refractivity contribution is -0.148. The van der Waals surface area contributed by atoms with E-state index in [0.717, 1.165) is 48.5 Å². The van der Waals surface area contributed by atoms with E-state index in [1.165, 1.54) is 7.11 Å². The van der Waals surface area contributed by atoms with Crippen LogP contribution in [0.15, 0.2) is 30.5 Å². The highest BCUT2D eigenvalue weighted by Crippen LogP contribution is 2.36. The van der Waals surface area contributed by atoms with Gasteiger partial charge in [0.2, 0.25) is 0 Å². The zero-order chi connectivity index (χ0) is 24.1. The van der Waals surface area contributed by atoms with E-state index in [1.807, 2.05) is 23.2 Å². The normalized spacial score (nSPS) is 18.9. The number of carbonyl (C=O) groups is 2. The summed E-state index contributed by atoms with van der Waals surface area (Å²) in [7, 11) is 1.36. The molecule has 34 heavy (non-hydrogen) atoms. The monoisotopic (exact) mass is 469 g/mol. The Labute approximate surface area is 200 Å². The molecule has 1 aromatic heterocycles. The number of hydrogen-bond acceptors (Lipinski definition) is 6. The van der Waals surface area contributed by atoms with Gasteiger partial charge in [0.25, 0.3) is 5.91 Å². The molecule has 9 heteroatoms. The van der Waals surface area contributed by atoms with E-state index in [-0.39, 0.29) is 18.0 Å². The number of amides is 2. The third-order valence-electron chi connectivity index (χ3n) is 6.45. The molecule has 1 saturated heterocycles. The minimum atomic E-state index is -0.445. The third-order valence-corrected chi connectivity index (χ3v) is 6.45. The number of hydrogen-bond donors (Lipinski definition) is 2. The molecule has 2 aromatic rings. The van der Waals surface area contributed by atoms with E-state index in [2.05, 4.69) is 45.9 Å². The molecule has 4 rings (SSSR count). The number of aryl methyl sites for hydroxylation is 2. The minimum absolute atomic E-state index is 0.0384. The van der Waals surface area contributed by atoms with Crippen LogP contribution in [0.5, 0.6) is 0 Å². The molecule has 184 valence electrons. The first-order chi connectivity index (χ1) is 16.5. The summed E-state index contributed by atoms with van der Waals surface area (Å²) in [6.07, 6.45) is 3.93. The number of carbonyl (C=O) groups excluding carboxylic acids is 2. The fourth-order valence-electron chi connectivity index (χ4n) is 4.43. The molecule has 1 saturated carbocycles. The van der Waals surface area contributed by atoms with E-state index in [9.17, 15) is 9.59 Å². The lowest BCUT2D eigenvalue weighted by Gasteiger charge is -2.33. The molecule has 0 spiro atoms. The van der Waals surface area contributed by atoms with E-state index in [0.29, 0.717) is 26.2 Å². The van der Waals surface area contributed by atoms with E-state index in [4.69, 9.17) is 9.72 Å². The molecule has 2 heterocycles. The fraction of sp³-hybridized carbons (Fsp3) is 0.560. The Morgan fingerprint density at radius 2 is 2.15 bits per heavy atom. The zero-order valence-corrected chi connectivity index (χ0v) is 20.3. The van der Waals surface area contributed by atoms with Crippen molar-refractivity contribution in [3.8, 4) is 11.4 Å². The highest BCUT2D eigenvalue weighted by atomic mass is 16.5. The van der Waals surface area contributed by atoms with Crippen LogP contribution in [0.1, 0.15) is 43.5 Å². The maximum Gasteiger partial charge on any atom is 0.406 e. The van der Waals surface area contributed by atoms with E-state index in [1.54, 1.807) is 0 Å². The number of alkyl carbamates (subject to hydrolysis) is 1. The lowest BCUT2D eigenvalue weighted by Crippen LogP contribution is -2.50. The number of methoxy groups -OCH3 is 1. The molecule has 2 aliphatic rings. The first-order valence-corrected chi connectivity index (χ1v) is 12.1. The van der Waals surface area contributed by atoms with Crippen LogP contribution in [0.3, 0.4) is 0 Å². The SMILES string of the molecule is COC(=O)NCCCn1cc([C@@H](C)N(C(=O)[C@H]2CNCCO2)C2CC2)nc1-c1ccccc1C. The Hall–Kier alpha value is -2.91. The first-order valence-electron chi connectivity index (χ1n) is 12.1. The molecule has 2 amide bonds. The molecule has 2 atom stereocenters.